The van der Waals surface area contributed by atoms with Gasteiger partial charge in [-0.1, -0.05) is 6.07 Å². The van der Waals surface area contributed by atoms with Crippen LogP contribution < -0.4 is 4.74 Å². The SMILES string of the molecule is COc1ccc(CN2C[C@@H]3COC[C@H](C2)N(C)C3=O)cc1C(=O)O. The summed E-state index contributed by atoms with van der Waals surface area (Å²) in [4.78, 5) is 27.7. The number of hydrogen-bond acceptors (Lipinski definition) is 5. The minimum atomic E-state index is -1.01. The summed E-state index contributed by atoms with van der Waals surface area (Å²) < 4.78 is 10.7. The van der Waals surface area contributed by atoms with Gasteiger partial charge in [-0.15, -0.1) is 0 Å². The molecule has 1 aromatic rings. The van der Waals surface area contributed by atoms with Crippen molar-refractivity contribution >= 4 is 11.9 Å². The third kappa shape index (κ3) is 3.22. The molecule has 1 N–H and O–H groups in total. The number of nitrogens with zero attached hydrogens (tertiary/aromatic N) is 2. The van der Waals surface area contributed by atoms with Crippen LogP contribution in [-0.2, 0) is 16.1 Å². The van der Waals surface area contributed by atoms with Gasteiger partial charge in [0, 0.05) is 26.7 Å². The largest absolute Gasteiger partial charge is 0.496 e. The molecule has 2 fully saturated rings. The molecule has 2 atom stereocenters. The smallest absolute Gasteiger partial charge is 0.339 e. The Kier molecular flexibility index (Phi) is 4.73. The first-order valence-electron chi connectivity index (χ1n) is 7.96. The van der Waals surface area contributed by atoms with Crippen molar-refractivity contribution < 1.29 is 24.2 Å². The maximum Gasteiger partial charge on any atom is 0.339 e. The molecule has 24 heavy (non-hydrogen) atoms. The lowest BCUT2D eigenvalue weighted by Crippen LogP contribution is -2.42. The van der Waals surface area contributed by atoms with E-state index in [1.807, 2.05) is 13.1 Å². The van der Waals surface area contributed by atoms with Gasteiger partial charge in [0.05, 0.1) is 32.3 Å². The Hall–Kier alpha value is -2.12. The summed E-state index contributed by atoms with van der Waals surface area (Å²) in [5.74, 6) is -0.701. The van der Waals surface area contributed by atoms with Gasteiger partial charge < -0.3 is 19.5 Å². The molecule has 0 radical (unpaired) electrons. The van der Waals surface area contributed by atoms with Crippen molar-refractivity contribution in [2.75, 3.05) is 40.5 Å². The Morgan fingerprint density at radius 2 is 2.17 bits per heavy atom. The number of ether oxygens (including phenoxy) is 2. The highest BCUT2D eigenvalue weighted by Gasteiger charge is 2.37. The molecule has 2 aliphatic rings. The third-order valence-electron chi connectivity index (χ3n) is 4.72. The van der Waals surface area contributed by atoms with Crippen LogP contribution in [-0.4, -0.2) is 73.3 Å². The van der Waals surface area contributed by atoms with Crippen LogP contribution >= 0.6 is 0 Å². The van der Waals surface area contributed by atoms with E-state index < -0.39 is 5.97 Å². The van der Waals surface area contributed by atoms with Gasteiger partial charge in [-0.25, -0.2) is 4.79 Å². The minimum absolute atomic E-state index is 0.0298. The summed E-state index contributed by atoms with van der Waals surface area (Å²) in [6.07, 6.45) is 0. The maximum atomic E-state index is 12.4. The van der Waals surface area contributed by atoms with Gasteiger partial charge in [0.25, 0.3) is 0 Å². The number of likely N-dealkylation sites (N-methyl/N-ethyl adjacent to an activating group) is 1. The number of carboxylic acid groups (broad SMARTS) is 1. The fraction of sp³-hybridized carbons (Fsp3) is 0.529. The van der Waals surface area contributed by atoms with Gasteiger partial charge >= 0.3 is 5.97 Å². The summed E-state index contributed by atoms with van der Waals surface area (Å²) in [5, 5.41) is 9.31. The lowest BCUT2D eigenvalue weighted by molar-refractivity contribution is -0.134. The normalized spacial score (nSPS) is 24.6. The van der Waals surface area contributed by atoms with E-state index in [2.05, 4.69) is 4.90 Å². The summed E-state index contributed by atoms with van der Waals surface area (Å²) in [7, 11) is 3.28. The standard InChI is InChI=1S/C17H22N2O5/c1-18-13-8-19(7-12(16(18)20)9-24-10-13)6-11-3-4-15(23-2)14(5-11)17(21)22/h3-5,12-13H,6-10H2,1-2H3,(H,21,22)/t12-,13+/m1/s1. The Balaban J connectivity index is 1.80. The van der Waals surface area contributed by atoms with E-state index in [9.17, 15) is 14.7 Å². The van der Waals surface area contributed by atoms with Gasteiger partial charge in [0.1, 0.15) is 11.3 Å². The van der Waals surface area contributed by atoms with Crippen molar-refractivity contribution in [2.24, 2.45) is 5.92 Å². The second-order valence-corrected chi connectivity index (χ2v) is 6.37. The predicted octanol–water partition coefficient (Wildman–Crippen LogP) is 0.682. The third-order valence-corrected chi connectivity index (χ3v) is 4.72. The van der Waals surface area contributed by atoms with Gasteiger partial charge in [0.15, 0.2) is 0 Å². The number of carbonyl (C=O) groups is 2. The number of benzene rings is 1. The lowest BCUT2D eigenvalue weighted by Gasteiger charge is -2.29. The molecular weight excluding hydrogens is 312 g/mol. The molecule has 7 heteroatoms. The first kappa shape index (κ1) is 16.7. The fourth-order valence-electron chi connectivity index (χ4n) is 3.40. The van der Waals surface area contributed by atoms with Crippen molar-refractivity contribution in [3.63, 3.8) is 0 Å². The molecule has 2 heterocycles. The van der Waals surface area contributed by atoms with Crippen LogP contribution in [0.2, 0.25) is 0 Å². The van der Waals surface area contributed by atoms with Gasteiger partial charge in [-0.05, 0) is 17.7 Å². The molecule has 130 valence electrons. The monoisotopic (exact) mass is 334 g/mol. The van der Waals surface area contributed by atoms with E-state index in [4.69, 9.17) is 9.47 Å². The molecule has 0 aromatic heterocycles. The topological polar surface area (TPSA) is 79.3 Å². The molecule has 1 aromatic carbocycles. The Morgan fingerprint density at radius 1 is 1.38 bits per heavy atom. The quantitative estimate of drug-likeness (QED) is 0.872. The van der Waals surface area contributed by atoms with Crippen molar-refractivity contribution in [3.05, 3.63) is 29.3 Å². The van der Waals surface area contributed by atoms with E-state index in [1.165, 1.54) is 7.11 Å². The van der Waals surface area contributed by atoms with Crippen LogP contribution in [0.1, 0.15) is 15.9 Å². The molecule has 0 spiro atoms. The van der Waals surface area contributed by atoms with E-state index in [0.717, 1.165) is 5.56 Å². The summed E-state index contributed by atoms with van der Waals surface area (Å²) >= 11 is 0. The van der Waals surface area contributed by atoms with Crippen LogP contribution in [0.15, 0.2) is 18.2 Å². The highest BCUT2D eigenvalue weighted by molar-refractivity contribution is 5.91. The van der Waals surface area contributed by atoms with Gasteiger partial charge in [-0.2, -0.15) is 0 Å². The van der Waals surface area contributed by atoms with E-state index in [-0.39, 0.29) is 23.4 Å². The van der Waals surface area contributed by atoms with Crippen molar-refractivity contribution in [1.82, 2.24) is 9.80 Å². The van der Waals surface area contributed by atoms with Crippen LogP contribution in [0.5, 0.6) is 5.75 Å². The first-order chi connectivity index (χ1) is 11.5. The summed E-state index contributed by atoms with van der Waals surface area (Å²) in [6, 6.07) is 5.22. The zero-order valence-electron chi connectivity index (χ0n) is 13.9. The number of carboxylic acids is 1. The van der Waals surface area contributed by atoms with Crippen molar-refractivity contribution in [2.45, 2.75) is 12.6 Å². The van der Waals surface area contributed by atoms with Crippen LogP contribution in [0.25, 0.3) is 0 Å². The molecule has 3 rings (SSSR count). The first-order valence-corrected chi connectivity index (χ1v) is 7.96. The lowest BCUT2D eigenvalue weighted by atomic mass is 10.1. The molecule has 0 saturated carbocycles. The molecular formula is C17H22N2O5. The number of carbonyl (C=O) groups excluding carboxylic acids is 1. The van der Waals surface area contributed by atoms with Crippen molar-refractivity contribution in [3.8, 4) is 5.75 Å². The number of hydrogen-bond donors (Lipinski definition) is 1. The molecule has 2 bridgehead atoms. The zero-order chi connectivity index (χ0) is 17.3. The average molecular weight is 334 g/mol. The molecule has 0 aliphatic carbocycles. The van der Waals surface area contributed by atoms with Crippen molar-refractivity contribution in [1.29, 1.82) is 0 Å². The maximum absolute atomic E-state index is 12.4. The van der Waals surface area contributed by atoms with E-state index in [1.54, 1.807) is 17.0 Å². The zero-order valence-corrected chi connectivity index (χ0v) is 13.9. The van der Waals surface area contributed by atoms with Crippen LogP contribution in [0, 0.1) is 5.92 Å². The minimum Gasteiger partial charge on any atom is -0.496 e. The van der Waals surface area contributed by atoms with Crippen LogP contribution in [0.3, 0.4) is 0 Å². The van der Waals surface area contributed by atoms with Gasteiger partial charge in [0.2, 0.25) is 5.91 Å². The summed E-state index contributed by atoms with van der Waals surface area (Å²) in [5.41, 5.74) is 1.05. The number of aromatic carboxylic acids is 1. The molecule has 7 nitrogen and oxygen atoms in total. The predicted molar refractivity (Wildman–Crippen MR) is 86.1 cm³/mol. The Bertz CT molecular complexity index is 648. The fourth-order valence-corrected chi connectivity index (χ4v) is 3.40. The number of rotatable bonds is 4. The highest BCUT2D eigenvalue weighted by Crippen LogP contribution is 2.24. The van der Waals surface area contributed by atoms with E-state index >= 15 is 0 Å². The van der Waals surface area contributed by atoms with Crippen LogP contribution in [0.4, 0.5) is 0 Å². The second-order valence-electron chi connectivity index (χ2n) is 6.37. The van der Waals surface area contributed by atoms with E-state index in [0.29, 0.717) is 38.6 Å². The summed E-state index contributed by atoms with van der Waals surface area (Å²) in [6.45, 7) is 2.91. The number of amides is 1. The average Bonchev–Trinajstić information content (AvgIpc) is 2.73. The Morgan fingerprint density at radius 3 is 2.88 bits per heavy atom. The van der Waals surface area contributed by atoms with Gasteiger partial charge in [-0.3, -0.25) is 9.69 Å². The molecule has 2 aliphatic heterocycles. The molecule has 1 amide bonds. The number of fused-ring (bicyclic) bond motifs is 3. The second kappa shape index (κ2) is 6.78. The highest BCUT2D eigenvalue weighted by atomic mass is 16.5. The molecule has 2 saturated heterocycles. The Labute approximate surface area is 140 Å². The number of methoxy groups -OCH3 is 1. The molecule has 0 unspecified atom stereocenters.